The van der Waals surface area contributed by atoms with Crippen LogP contribution in [0.5, 0.6) is 0 Å². The molecule has 0 aromatic rings. The molecule has 17 heavy (non-hydrogen) atoms. The fourth-order valence-corrected chi connectivity index (χ4v) is 2.83. The van der Waals surface area contributed by atoms with Gasteiger partial charge in [0.05, 0.1) is 6.61 Å². The van der Waals surface area contributed by atoms with Crippen molar-refractivity contribution in [1.29, 1.82) is 0 Å². The standard InChI is InChI=1S/C13H25NO2S/c1-3-5-6-11(4-2)9-16-13(15)12-10-17-8-7-14-12/h11-12,14H,3-10H2,1-2H3. The Morgan fingerprint density at radius 1 is 1.53 bits per heavy atom. The van der Waals surface area contributed by atoms with E-state index in [2.05, 4.69) is 19.2 Å². The van der Waals surface area contributed by atoms with Crippen LogP contribution in [-0.4, -0.2) is 36.7 Å². The Hall–Kier alpha value is -0.220. The van der Waals surface area contributed by atoms with E-state index >= 15 is 0 Å². The van der Waals surface area contributed by atoms with Crippen molar-refractivity contribution in [3.8, 4) is 0 Å². The van der Waals surface area contributed by atoms with E-state index in [4.69, 9.17) is 4.74 Å². The molecule has 0 aromatic carbocycles. The summed E-state index contributed by atoms with van der Waals surface area (Å²) in [5, 5.41) is 3.21. The van der Waals surface area contributed by atoms with Crippen LogP contribution in [0.25, 0.3) is 0 Å². The molecule has 1 rings (SSSR count). The van der Waals surface area contributed by atoms with Crippen LogP contribution in [0.1, 0.15) is 39.5 Å². The quantitative estimate of drug-likeness (QED) is 0.713. The van der Waals surface area contributed by atoms with Crippen molar-refractivity contribution >= 4 is 17.7 Å². The number of carbonyl (C=O) groups excluding carboxylic acids is 1. The Morgan fingerprint density at radius 3 is 2.94 bits per heavy atom. The van der Waals surface area contributed by atoms with Gasteiger partial charge in [0.1, 0.15) is 6.04 Å². The Kier molecular flexibility index (Phi) is 7.69. The summed E-state index contributed by atoms with van der Waals surface area (Å²) in [6, 6.07) is -0.0857. The normalized spacial score (nSPS) is 22.1. The zero-order chi connectivity index (χ0) is 12.5. The summed E-state index contributed by atoms with van der Waals surface area (Å²) < 4.78 is 5.42. The molecule has 0 amide bonds. The molecule has 0 radical (unpaired) electrons. The van der Waals surface area contributed by atoms with E-state index in [1.165, 1.54) is 19.3 Å². The molecule has 2 atom stereocenters. The minimum absolute atomic E-state index is 0.0628. The van der Waals surface area contributed by atoms with Crippen LogP contribution < -0.4 is 5.32 Å². The lowest BCUT2D eigenvalue weighted by atomic mass is 10.0. The summed E-state index contributed by atoms with van der Waals surface area (Å²) in [7, 11) is 0. The largest absolute Gasteiger partial charge is 0.464 e. The third-order valence-electron chi connectivity index (χ3n) is 3.21. The molecule has 0 spiro atoms. The second-order valence-corrected chi connectivity index (χ2v) is 5.78. The van der Waals surface area contributed by atoms with Gasteiger partial charge in [-0.25, -0.2) is 0 Å². The number of rotatable bonds is 7. The van der Waals surface area contributed by atoms with Crippen molar-refractivity contribution in [2.75, 3.05) is 24.7 Å². The van der Waals surface area contributed by atoms with Crippen LogP contribution in [0.4, 0.5) is 0 Å². The van der Waals surface area contributed by atoms with Crippen molar-refractivity contribution in [3.05, 3.63) is 0 Å². The topological polar surface area (TPSA) is 38.3 Å². The third-order valence-corrected chi connectivity index (χ3v) is 4.27. The predicted octanol–water partition coefficient (Wildman–Crippen LogP) is 2.45. The van der Waals surface area contributed by atoms with E-state index in [1.807, 2.05) is 11.8 Å². The van der Waals surface area contributed by atoms with Gasteiger partial charge >= 0.3 is 5.97 Å². The van der Waals surface area contributed by atoms with E-state index in [9.17, 15) is 4.79 Å². The first-order valence-corrected chi connectivity index (χ1v) is 7.91. The summed E-state index contributed by atoms with van der Waals surface area (Å²) in [5.41, 5.74) is 0. The van der Waals surface area contributed by atoms with Gasteiger partial charge in [-0.3, -0.25) is 4.79 Å². The van der Waals surface area contributed by atoms with Crippen LogP contribution in [0.2, 0.25) is 0 Å². The molecule has 1 heterocycles. The van der Waals surface area contributed by atoms with Crippen molar-refractivity contribution in [2.24, 2.45) is 5.92 Å². The lowest BCUT2D eigenvalue weighted by Crippen LogP contribution is -2.44. The second kappa shape index (κ2) is 8.81. The number of nitrogens with one attached hydrogen (secondary N) is 1. The first-order valence-electron chi connectivity index (χ1n) is 6.75. The first kappa shape index (κ1) is 14.8. The van der Waals surface area contributed by atoms with E-state index in [0.717, 1.165) is 24.5 Å². The maximum atomic E-state index is 11.8. The zero-order valence-corrected chi connectivity index (χ0v) is 11.9. The molecule has 0 bridgehead atoms. The molecule has 1 fully saturated rings. The van der Waals surface area contributed by atoms with Crippen LogP contribution in [0.3, 0.4) is 0 Å². The fourth-order valence-electron chi connectivity index (χ4n) is 1.92. The maximum Gasteiger partial charge on any atom is 0.324 e. The molecule has 0 aliphatic carbocycles. The van der Waals surface area contributed by atoms with Crippen molar-refractivity contribution in [1.82, 2.24) is 5.32 Å². The molecule has 1 N–H and O–H groups in total. The van der Waals surface area contributed by atoms with Gasteiger partial charge in [-0.15, -0.1) is 0 Å². The van der Waals surface area contributed by atoms with E-state index < -0.39 is 0 Å². The summed E-state index contributed by atoms with van der Waals surface area (Å²) >= 11 is 1.82. The smallest absolute Gasteiger partial charge is 0.324 e. The van der Waals surface area contributed by atoms with E-state index in [0.29, 0.717) is 12.5 Å². The fraction of sp³-hybridized carbons (Fsp3) is 0.923. The number of hydrogen-bond acceptors (Lipinski definition) is 4. The highest BCUT2D eigenvalue weighted by molar-refractivity contribution is 7.99. The maximum absolute atomic E-state index is 11.8. The highest BCUT2D eigenvalue weighted by Gasteiger charge is 2.22. The Labute approximate surface area is 109 Å². The van der Waals surface area contributed by atoms with Crippen LogP contribution >= 0.6 is 11.8 Å². The van der Waals surface area contributed by atoms with Gasteiger partial charge in [0.15, 0.2) is 0 Å². The number of esters is 1. The van der Waals surface area contributed by atoms with Crippen molar-refractivity contribution in [2.45, 2.75) is 45.6 Å². The number of carbonyl (C=O) groups is 1. The molecule has 2 unspecified atom stereocenters. The summed E-state index contributed by atoms with van der Waals surface area (Å²) in [5.74, 6) is 2.42. The SMILES string of the molecule is CCCCC(CC)COC(=O)C1CSCCN1. The third kappa shape index (κ3) is 5.77. The van der Waals surface area contributed by atoms with Gasteiger partial charge in [-0.1, -0.05) is 33.1 Å². The van der Waals surface area contributed by atoms with Crippen LogP contribution in [0.15, 0.2) is 0 Å². The minimum atomic E-state index is -0.0857. The number of unbranched alkanes of at least 4 members (excludes halogenated alkanes) is 1. The van der Waals surface area contributed by atoms with Gasteiger partial charge < -0.3 is 10.1 Å². The average Bonchev–Trinajstić information content (AvgIpc) is 2.39. The van der Waals surface area contributed by atoms with Gasteiger partial charge in [-0.05, 0) is 12.3 Å². The predicted molar refractivity (Wildman–Crippen MR) is 73.4 cm³/mol. The molecule has 1 aliphatic heterocycles. The van der Waals surface area contributed by atoms with E-state index in [1.54, 1.807) is 0 Å². The zero-order valence-electron chi connectivity index (χ0n) is 11.0. The Balaban J connectivity index is 2.20. The summed E-state index contributed by atoms with van der Waals surface area (Å²) in [6.07, 6.45) is 4.71. The Bertz CT molecular complexity index is 217. The first-order chi connectivity index (χ1) is 8.27. The molecular weight excluding hydrogens is 234 g/mol. The monoisotopic (exact) mass is 259 g/mol. The molecule has 0 aromatic heterocycles. The summed E-state index contributed by atoms with van der Waals surface area (Å²) in [6.45, 7) is 5.88. The van der Waals surface area contributed by atoms with Gasteiger partial charge in [-0.2, -0.15) is 11.8 Å². The lowest BCUT2D eigenvalue weighted by Gasteiger charge is -2.23. The van der Waals surface area contributed by atoms with Gasteiger partial charge in [0, 0.05) is 18.1 Å². The van der Waals surface area contributed by atoms with Crippen LogP contribution in [0, 0.1) is 5.92 Å². The van der Waals surface area contributed by atoms with Crippen LogP contribution in [-0.2, 0) is 9.53 Å². The van der Waals surface area contributed by atoms with E-state index in [-0.39, 0.29) is 12.0 Å². The average molecular weight is 259 g/mol. The number of ether oxygens (including phenoxy) is 1. The van der Waals surface area contributed by atoms with Crippen molar-refractivity contribution < 1.29 is 9.53 Å². The molecule has 1 aliphatic rings. The lowest BCUT2D eigenvalue weighted by molar-refractivity contribution is -0.147. The highest BCUT2D eigenvalue weighted by atomic mass is 32.2. The molecule has 0 saturated carbocycles. The number of thioether (sulfide) groups is 1. The number of hydrogen-bond donors (Lipinski definition) is 1. The second-order valence-electron chi connectivity index (χ2n) is 4.63. The molecule has 3 nitrogen and oxygen atoms in total. The van der Waals surface area contributed by atoms with Gasteiger partial charge in [0.2, 0.25) is 0 Å². The van der Waals surface area contributed by atoms with Gasteiger partial charge in [0.25, 0.3) is 0 Å². The minimum Gasteiger partial charge on any atom is -0.464 e. The molecule has 4 heteroatoms. The van der Waals surface area contributed by atoms with Crippen molar-refractivity contribution in [3.63, 3.8) is 0 Å². The Morgan fingerprint density at radius 2 is 2.35 bits per heavy atom. The molecule has 100 valence electrons. The molecule has 1 saturated heterocycles. The molecular formula is C13H25NO2S. The highest BCUT2D eigenvalue weighted by Crippen LogP contribution is 2.14. The summed E-state index contributed by atoms with van der Waals surface area (Å²) in [4.78, 5) is 11.8.